The molecule has 0 saturated carbocycles. The van der Waals surface area contributed by atoms with Crippen LogP contribution in [0, 0.1) is 0 Å². The zero-order chi connectivity index (χ0) is 16.2. The standard InChI is InChI=1S/C18H22N2O2S/c1-14(21)19-8-9-20(11-15-7-10-23-13-15)18(12-19)16-3-5-17(22-2)6-4-16/h3-7,10,13,18H,8-9,11-12H2,1-2H3/t18-/m0/s1. The lowest BCUT2D eigenvalue weighted by atomic mass is 10.0. The molecule has 0 spiro atoms. The Hall–Kier alpha value is -1.85. The molecule has 4 nitrogen and oxygen atoms in total. The van der Waals surface area contributed by atoms with Crippen LogP contribution >= 0.6 is 11.3 Å². The van der Waals surface area contributed by atoms with E-state index >= 15 is 0 Å². The molecule has 0 bridgehead atoms. The zero-order valence-electron chi connectivity index (χ0n) is 13.6. The summed E-state index contributed by atoms with van der Waals surface area (Å²) in [6, 6.07) is 10.6. The summed E-state index contributed by atoms with van der Waals surface area (Å²) >= 11 is 1.73. The number of carbonyl (C=O) groups excluding carboxylic acids is 1. The summed E-state index contributed by atoms with van der Waals surface area (Å²) in [6.45, 7) is 5.01. The summed E-state index contributed by atoms with van der Waals surface area (Å²) in [7, 11) is 1.68. The second-order valence-corrected chi connectivity index (χ2v) is 6.64. The fourth-order valence-corrected chi connectivity index (χ4v) is 3.71. The van der Waals surface area contributed by atoms with Gasteiger partial charge in [0.05, 0.1) is 13.2 Å². The molecule has 1 atom stereocenters. The average Bonchev–Trinajstić information content (AvgIpc) is 3.08. The third-order valence-electron chi connectivity index (χ3n) is 4.40. The molecule has 5 heteroatoms. The van der Waals surface area contributed by atoms with Crippen LogP contribution in [0.25, 0.3) is 0 Å². The number of benzene rings is 1. The molecule has 1 aromatic heterocycles. The van der Waals surface area contributed by atoms with Gasteiger partial charge in [0.25, 0.3) is 0 Å². The van der Waals surface area contributed by atoms with Gasteiger partial charge in [-0.15, -0.1) is 0 Å². The SMILES string of the molecule is COc1ccc([C@@H]2CN(C(C)=O)CCN2Cc2ccsc2)cc1. The van der Waals surface area contributed by atoms with E-state index in [-0.39, 0.29) is 11.9 Å². The quantitative estimate of drug-likeness (QED) is 0.863. The van der Waals surface area contributed by atoms with Crippen molar-refractivity contribution in [2.24, 2.45) is 0 Å². The third-order valence-corrected chi connectivity index (χ3v) is 5.13. The first kappa shape index (κ1) is 16.0. The van der Waals surface area contributed by atoms with Gasteiger partial charge in [-0.3, -0.25) is 9.69 Å². The number of rotatable bonds is 4. The van der Waals surface area contributed by atoms with Crippen molar-refractivity contribution < 1.29 is 9.53 Å². The fraction of sp³-hybridized carbons (Fsp3) is 0.389. The Bertz CT molecular complexity index is 640. The van der Waals surface area contributed by atoms with Crippen LogP contribution in [-0.2, 0) is 11.3 Å². The normalized spacial score (nSPS) is 18.9. The molecule has 122 valence electrons. The van der Waals surface area contributed by atoms with Crippen molar-refractivity contribution in [2.45, 2.75) is 19.5 Å². The highest BCUT2D eigenvalue weighted by Crippen LogP contribution is 2.29. The molecule has 1 aromatic carbocycles. The topological polar surface area (TPSA) is 32.8 Å². The minimum Gasteiger partial charge on any atom is -0.497 e. The second kappa shape index (κ2) is 7.15. The maximum absolute atomic E-state index is 11.8. The van der Waals surface area contributed by atoms with E-state index in [0.717, 1.165) is 31.9 Å². The number of hydrogen-bond acceptors (Lipinski definition) is 4. The van der Waals surface area contributed by atoms with E-state index in [1.165, 1.54) is 11.1 Å². The Labute approximate surface area is 141 Å². The Morgan fingerprint density at radius 3 is 2.65 bits per heavy atom. The van der Waals surface area contributed by atoms with E-state index in [4.69, 9.17) is 4.74 Å². The van der Waals surface area contributed by atoms with Crippen LogP contribution in [0.3, 0.4) is 0 Å². The summed E-state index contributed by atoms with van der Waals surface area (Å²) in [5.41, 5.74) is 2.57. The van der Waals surface area contributed by atoms with Gasteiger partial charge in [-0.1, -0.05) is 12.1 Å². The zero-order valence-corrected chi connectivity index (χ0v) is 14.4. The van der Waals surface area contributed by atoms with Gasteiger partial charge in [-0.05, 0) is 40.1 Å². The minimum absolute atomic E-state index is 0.152. The highest BCUT2D eigenvalue weighted by molar-refractivity contribution is 7.07. The average molecular weight is 330 g/mol. The highest BCUT2D eigenvalue weighted by Gasteiger charge is 2.29. The lowest BCUT2D eigenvalue weighted by molar-refractivity contribution is -0.132. The molecule has 23 heavy (non-hydrogen) atoms. The van der Waals surface area contributed by atoms with Crippen molar-refractivity contribution >= 4 is 17.2 Å². The number of ether oxygens (including phenoxy) is 1. The third kappa shape index (κ3) is 3.74. The maximum Gasteiger partial charge on any atom is 0.219 e. The van der Waals surface area contributed by atoms with Gasteiger partial charge < -0.3 is 9.64 Å². The molecule has 1 saturated heterocycles. The number of piperazine rings is 1. The van der Waals surface area contributed by atoms with Crippen molar-refractivity contribution in [3.63, 3.8) is 0 Å². The first-order valence-corrected chi connectivity index (χ1v) is 8.76. The predicted molar refractivity (Wildman–Crippen MR) is 92.7 cm³/mol. The number of hydrogen-bond donors (Lipinski definition) is 0. The highest BCUT2D eigenvalue weighted by atomic mass is 32.1. The van der Waals surface area contributed by atoms with Crippen LogP contribution in [-0.4, -0.2) is 42.5 Å². The van der Waals surface area contributed by atoms with Crippen molar-refractivity contribution in [3.8, 4) is 5.75 Å². The summed E-state index contributed by atoms with van der Waals surface area (Å²) < 4.78 is 5.25. The molecule has 0 unspecified atom stereocenters. The van der Waals surface area contributed by atoms with E-state index in [2.05, 4.69) is 33.9 Å². The van der Waals surface area contributed by atoms with Crippen LogP contribution in [0.2, 0.25) is 0 Å². The molecular formula is C18H22N2O2S. The van der Waals surface area contributed by atoms with Gasteiger partial charge in [-0.25, -0.2) is 0 Å². The van der Waals surface area contributed by atoms with Crippen molar-refractivity contribution in [3.05, 3.63) is 52.2 Å². The molecule has 0 aliphatic carbocycles. The molecule has 2 heterocycles. The minimum atomic E-state index is 0.152. The smallest absolute Gasteiger partial charge is 0.219 e. The van der Waals surface area contributed by atoms with Crippen LogP contribution in [0.1, 0.15) is 24.1 Å². The first-order chi connectivity index (χ1) is 11.2. The van der Waals surface area contributed by atoms with E-state index in [1.54, 1.807) is 25.4 Å². The summed E-state index contributed by atoms with van der Waals surface area (Å²) in [5, 5.41) is 4.31. The number of amides is 1. The van der Waals surface area contributed by atoms with Crippen LogP contribution in [0.15, 0.2) is 41.1 Å². The predicted octanol–water partition coefficient (Wildman–Crippen LogP) is 3.16. The summed E-state index contributed by atoms with van der Waals surface area (Å²) in [4.78, 5) is 16.2. The molecule has 0 N–H and O–H groups in total. The molecular weight excluding hydrogens is 308 g/mol. The molecule has 1 aliphatic heterocycles. The van der Waals surface area contributed by atoms with Gasteiger partial charge in [0, 0.05) is 33.1 Å². The lowest BCUT2D eigenvalue weighted by Gasteiger charge is -2.41. The van der Waals surface area contributed by atoms with E-state index in [0.29, 0.717) is 0 Å². The Morgan fingerprint density at radius 1 is 1.26 bits per heavy atom. The monoisotopic (exact) mass is 330 g/mol. The molecule has 1 aliphatic rings. The molecule has 1 amide bonds. The van der Waals surface area contributed by atoms with Crippen LogP contribution in [0.4, 0.5) is 0 Å². The van der Waals surface area contributed by atoms with E-state index in [1.807, 2.05) is 17.0 Å². The van der Waals surface area contributed by atoms with Crippen LogP contribution in [0.5, 0.6) is 5.75 Å². The molecule has 0 radical (unpaired) electrons. The molecule has 2 aromatic rings. The number of methoxy groups -OCH3 is 1. The second-order valence-electron chi connectivity index (χ2n) is 5.86. The van der Waals surface area contributed by atoms with Gasteiger partial charge in [0.1, 0.15) is 5.75 Å². The van der Waals surface area contributed by atoms with Crippen molar-refractivity contribution in [2.75, 3.05) is 26.7 Å². The first-order valence-electron chi connectivity index (χ1n) is 7.82. The summed E-state index contributed by atoms with van der Waals surface area (Å²) in [5.74, 6) is 1.01. The largest absolute Gasteiger partial charge is 0.497 e. The van der Waals surface area contributed by atoms with Crippen molar-refractivity contribution in [1.82, 2.24) is 9.80 Å². The molecule has 1 fully saturated rings. The van der Waals surface area contributed by atoms with Gasteiger partial charge in [-0.2, -0.15) is 11.3 Å². The Morgan fingerprint density at radius 2 is 2.04 bits per heavy atom. The Balaban J connectivity index is 1.82. The Kier molecular flexibility index (Phi) is 4.98. The number of thiophene rings is 1. The van der Waals surface area contributed by atoms with Gasteiger partial charge in [0.2, 0.25) is 5.91 Å². The van der Waals surface area contributed by atoms with Gasteiger partial charge in [0.15, 0.2) is 0 Å². The number of carbonyl (C=O) groups is 1. The van der Waals surface area contributed by atoms with Crippen molar-refractivity contribution in [1.29, 1.82) is 0 Å². The van der Waals surface area contributed by atoms with Gasteiger partial charge >= 0.3 is 0 Å². The fourth-order valence-electron chi connectivity index (χ4n) is 3.06. The molecule has 3 rings (SSSR count). The van der Waals surface area contributed by atoms with Crippen LogP contribution < -0.4 is 4.74 Å². The summed E-state index contributed by atoms with van der Waals surface area (Å²) in [6.07, 6.45) is 0. The lowest BCUT2D eigenvalue weighted by Crippen LogP contribution is -2.49. The number of nitrogens with zero attached hydrogens (tertiary/aromatic N) is 2. The van der Waals surface area contributed by atoms with E-state index in [9.17, 15) is 4.79 Å². The van der Waals surface area contributed by atoms with E-state index < -0.39 is 0 Å². The maximum atomic E-state index is 11.8.